The van der Waals surface area contributed by atoms with Crippen molar-refractivity contribution < 1.29 is 9.22 Å². The number of rotatable bonds is 3. The van der Waals surface area contributed by atoms with E-state index in [2.05, 4.69) is 55.4 Å². The molecular weight excluding hydrogens is 312 g/mol. The zero-order chi connectivity index (χ0) is 18.3. The van der Waals surface area contributed by atoms with Gasteiger partial charge >= 0.3 is 0 Å². The molecule has 0 N–H and O–H groups in total. The topological polar surface area (TPSA) is 26.3 Å². The third-order valence-electron chi connectivity index (χ3n) is 6.06. The second-order valence-electron chi connectivity index (χ2n) is 9.53. The summed E-state index contributed by atoms with van der Waals surface area (Å²) in [4.78, 5) is 12.7. The van der Waals surface area contributed by atoms with Gasteiger partial charge in [0.25, 0.3) is 0 Å². The van der Waals surface area contributed by atoms with Gasteiger partial charge in [-0.3, -0.25) is 4.79 Å². The Morgan fingerprint density at radius 1 is 1.00 bits per heavy atom. The van der Waals surface area contributed by atoms with Crippen molar-refractivity contribution in [2.24, 2.45) is 5.92 Å². The van der Waals surface area contributed by atoms with E-state index in [-0.39, 0.29) is 22.0 Å². The molecule has 3 heteroatoms. The Morgan fingerprint density at radius 2 is 1.50 bits per heavy atom. The highest BCUT2D eigenvalue weighted by atomic mass is 28.4. The van der Waals surface area contributed by atoms with Gasteiger partial charge in [-0.1, -0.05) is 85.7 Å². The minimum Gasteiger partial charge on any atom is -0.412 e. The number of carbonyl (C=O) groups is 1. The van der Waals surface area contributed by atoms with Gasteiger partial charge in [0.2, 0.25) is 8.32 Å². The van der Waals surface area contributed by atoms with Crippen LogP contribution in [0.15, 0.2) is 30.3 Å². The van der Waals surface area contributed by atoms with Gasteiger partial charge in [-0.25, -0.2) is 0 Å². The number of hydrogen-bond acceptors (Lipinski definition) is 2. The van der Waals surface area contributed by atoms with Crippen molar-refractivity contribution in [3.05, 3.63) is 35.9 Å². The van der Waals surface area contributed by atoms with Gasteiger partial charge in [-0.05, 0) is 21.5 Å². The molecule has 134 valence electrons. The minimum atomic E-state index is -2.09. The normalized spacial score (nSPS) is 27.2. The summed E-state index contributed by atoms with van der Waals surface area (Å²) in [7, 11) is -2.09. The number of benzene rings is 1. The van der Waals surface area contributed by atoms with Gasteiger partial charge in [0, 0.05) is 12.0 Å². The molecule has 1 heterocycles. The first kappa shape index (κ1) is 19.4. The molecule has 0 saturated carbocycles. The molecule has 0 unspecified atom stereocenters. The fraction of sp³-hybridized carbons (Fsp3) is 0.667. The zero-order valence-electron chi connectivity index (χ0n) is 16.6. The summed E-state index contributed by atoms with van der Waals surface area (Å²) < 4.78 is 6.91. The van der Waals surface area contributed by atoms with E-state index in [0.717, 1.165) is 5.56 Å². The molecule has 0 spiro atoms. The summed E-state index contributed by atoms with van der Waals surface area (Å²) in [6.07, 6.45) is 0.536. The third kappa shape index (κ3) is 3.13. The molecule has 0 amide bonds. The first-order chi connectivity index (χ1) is 10.9. The van der Waals surface area contributed by atoms with E-state index < -0.39 is 8.32 Å². The average molecular weight is 347 g/mol. The SMILES string of the molecule is C[C@H]1[C@H](CC(=O)c2ccccc2)O[Si](C(C)(C)C)(C(C)(C)C)[C@@H]1C. The zero-order valence-corrected chi connectivity index (χ0v) is 17.6. The van der Waals surface area contributed by atoms with Gasteiger partial charge in [-0.2, -0.15) is 0 Å². The predicted octanol–water partition coefficient (Wildman–Crippen LogP) is 6.23. The molecule has 2 rings (SSSR count). The highest BCUT2D eigenvalue weighted by Crippen LogP contribution is 2.63. The highest BCUT2D eigenvalue weighted by molar-refractivity contribution is 6.81. The summed E-state index contributed by atoms with van der Waals surface area (Å²) in [6.45, 7) is 18.6. The lowest BCUT2D eigenvalue weighted by Crippen LogP contribution is -2.55. The Morgan fingerprint density at radius 3 is 1.92 bits per heavy atom. The van der Waals surface area contributed by atoms with Gasteiger partial charge in [0.1, 0.15) is 0 Å². The summed E-state index contributed by atoms with van der Waals surface area (Å²) >= 11 is 0. The van der Waals surface area contributed by atoms with Crippen LogP contribution < -0.4 is 0 Å². The Kier molecular flexibility index (Phi) is 5.18. The number of Topliss-reactive ketones (excluding diaryl/α,β-unsaturated/α-hetero) is 1. The maximum absolute atomic E-state index is 12.7. The number of ketones is 1. The Hall–Kier alpha value is -0.933. The number of hydrogen-bond donors (Lipinski definition) is 0. The molecule has 1 fully saturated rings. The number of carbonyl (C=O) groups excluding carboxylic acids is 1. The average Bonchev–Trinajstić information content (AvgIpc) is 2.73. The summed E-state index contributed by atoms with van der Waals surface area (Å²) in [5.74, 6) is 0.620. The van der Waals surface area contributed by atoms with Crippen LogP contribution in [-0.2, 0) is 4.43 Å². The quantitative estimate of drug-likeness (QED) is 0.479. The second kappa shape index (κ2) is 6.42. The Balaban J connectivity index is 2.31. The van der Waals surface area contributed by atoms with Crippen molar-refractivity contribution in [3.8, 4) is 0 Å². The fourth-order valence-electron chi connectivity index (χ4n) is 5.14. The molecule has 0 bridgehead atoms. The maximum Gasteiger partial charge on any atom is 0.206 e. The molecule has 1 aromatic carbocycles. The van der Waals surface area contributed by atoms with Crippen LogP contribution in [0.5, 0.6) is 0 Å². The molecule has 0 aliphatic carbocycles. The van der Waals surface area contributed by atoms with Crippen LogP contribution in [-0.4, -0.2) is 20.2 Å². The first-order valence-electron chi connectivity index (χ1n) is 9.18. The van der Waals surface area contributed by atoms with Crippen LogP contribution in [0.3, 0.4) is 0 Å². The second-order valence-corrected chi connectivity index (χ2v) is 15.2. The molecule has 1 aromatic rings. The molecule has 3 atom stereocenters. The largest absolute Gasteiger partial charge is 0.412 e. The standard InChI is InChI=1S/C21H34O2Si/c1-15-16(2)24(20(3,4)5,21(6,7)8)23-19(15)14-18(22)17-12-10-9-11-13-17/h9-13,15-16,19H,14H2,1-8H3/t15-,16-,19+/m1/s1. The molecule has 1 aliphatic heterocycles. The van der Waals surface area contributed by atoms with E-state index in [1.165, 1.54) is 0 Å². The van der Waals surface area contributed by atoms with Gasteiger partial charge < -0.3 is 4.43 Å². The van der Waals surface area contributed by atoms with Crippen molar-refractivity contribution >= 4 is 14.1 Å². The van der Waals surface area contributed by atoms with Crippen molar-refractivity contribution in [3.63, 3.8) is 0 Å². The third-order valence-corrected chi connectivity index (χ3v) is 13.0. The van der Waals surface area contributed by atoms with E-state index in [1.807, 2.05) is 30.3 Å². The molecule has 1 aliphatic rings. The van der Waals surface area contributed by atoms with Crippen LogP contribution in [0.4, 0.5) is 0 Å². The van der Waals surface area contributed by atoms with Crippen molar-refractivity contribution in [2.75, 3.05) is 0 Å². The van der Waals surface area contributed by atoms with Crippen molar-refractivity contribution in [1.82, 2.24) is 0 Å². The van der Waals surface area contributed by atoms with E-state index >= 15 is 0 Å². The van der Waals surface area contributed by atoms with E-state index in [9.17, 15) is 4.79 Å². The van der Waals surface area contributed by atoms with Crippen LogP contribution in [0, 0.1) is 5.92 Å². The predicted molar refractivity (Wildman–Crippen MR) is 104 cm³/mol. The monoisotopic (exact) mass is 346 g/mol. The van der Waals surface area contributed by atoms with E-state index in [1.54, 1.807) is 0 Å². The van der Waals surface area contributed by atoms with Crippen LogP contribution in [0.25, 0.3) is 0 Å². The smallest absolute Gasteiger partial charge is 0.206 e. The lowest BCUT2D eigenvalue weighted by Gasteiger charge is -2.51. The van der Waals surface area contributed by atoms with Crippen molar-refractivity contribution in [2.45, 2.75) is 83.5 Å². The van der Waals surface area contributed by atoms with E-state index in [0.29, 0.717) is 17.9 Å². The molecule has 2 nitrogen and oxygen atoms in total. The van der Waals surface area contributed by atoms with Gasteiger partial charge in [0.05, 0.1) is 6.10 Å². The molecule has 1 saturated heterocycles. The molecule has 0 radical (unpaired) electrons. The van der Waals surface area contributed by atoms with E-state index in [4.69, 9.17) is 4.43 Å². The summed E-state index contributed by atoms with van der Waals surface area (Å²) in [5, 5.41) is 0.285. The molecular formula is C21H34O2Si. The summed E-state index contributed by atoms with van der Waals surface area (Å²) in [6, 6.07) is 9.62. The molecule has 24 heavy (non-hydrogen) atoms. The fourth-order valence-corrected chi connectivity index (χ4v) is 12.8. The lowest BCUT2D eigenvalue weighted by molar-refractivity contribution is 0.0871. The minimum absolute atomic E-state index is 0.0397. The maximum atomic E-state index is 12.7. The first-order valence-corrected chi connectivity index (χ1v) is 11.2. The summed E-state index contributed by atoms with van der Waals surface area (Å²) in [5.41, 5.74) is 1.33. The Labute approximate surface area is 149 Å². The van der Waals surface area contributed by atoms with Crippen molar-refractivity contribution in [1.29, 1.82) is 0 Å². The van der Waals surface area contributed by atoms with Crippen LogP contribution in [0.2, 0.25) is 15.6 Å². The lowest BCUT2D eigenvalue weighted by atomic mass is 9.95. The van der Waals surface area contributed by atoms with Gasteiger partial charge in [-0.15, -0.1) is 0 Å². The highest BCUT2D eigenvalue weighted by Gasteiger charge is 2.65. The van der Waals surface area contributed by atoms with Gasteiger partial charge in [0.15, 0.2) is 5.78 Å². The molecule has 0 aromatic heterocycles. The van der Waals surface area contributed by atoms with Crippen LogP contribution >= 0.6 is 0 Å². The Bertz CT molecular complexity index is 566. The van der Waals surface area contributed by atoms with Crippen LogP contribution in [0.1, 0.15) is 72.2 Å².